The van der Waals surface area contributed by atoms with Crippen LogP contribution in [0.4, 0.5) is 11.4 Å². The minimum atomic E-state index is -0.212. The Morgan fingerprint density at radius 1 is 1.17 bits per heavy atom. The Bertz CT molecular complexity index is 481. The zero-order chi connectivity index (χ0) is 12.6. The summed E-state index contributed by atoms with van der Waals surface area (Å²) in [5.41, 5.74) is 1.68. The number of rotatable bonds is 0. The number of para-hydroxylation sites is 1. The van der Waals surface area contributed by atoms with E-state index in [1.807, 2.05) is 18.2 Å². The molecular weight excluding hydrogens is 292 g/mol. The van der Waals surface area contributed by atoms with E-state index in [1.165, 1.54) is 6.42 Å². The number of hydrogen-bond acceptors (Lipinski definition) is 2. The van der Waals surface area contributed by atoms with Crippen LogP contribution in [0, 0.1) is 5.41 Å². The second-order valence-electron chi connectivity index (χ2n) is 5.31. The molecule has 0 saturated heterocycles. The SMILES string of the molecule is O=C1Nc2cccc(Br)c2NCC12CCCCC2. The van der Waals surface area contributed by atoms with Crippen molar-refractivity contribution in [2.24, 2.45) is 5.41 Å². The van der Waals surface area contributed by atoms with Crippen molar-refractivity contribution in [2.45, 2.75) is 32.1 Å². The average Bonchev–Trinajstić information content (AvgIpc) is 2.51. The number of hydrogen-bond donors (Lipinski definition) is 2. The van der Waals surface area contributed by atoms with E-state index in [-0.39, 0.29) is 11.3 Å². The molecule has 0 aromatic heterocycles. The maximum Gasteiger partial charge on any atom is 0.232 e. The van der Waals surface area contributed by atoms with E-state index < -0.39 is 0 Å². The third kappa shape index (κ3) is 1.92. The summed E-state index contributed by atoms with van der Waals surface area (Å²) in [5.74, 6) is 0.187. The van der Waals surface area contributed by atoms with E-state index in [9.17, 15) is 4.79 Å². The molecule has 0 atom stereocenters. The number of amides is 1. The Morgan fingerprint density at radius 2 is 1.94 bits per heavy atom. The average molecular weight is 309 g/mol. The van der Waals surface area contributed by atoms with Crippen LogP contribution in [0.1, 0.15) is 32.1 Å². The van der Waals surface area contributed by atoms with Crippen molar-refractivity contribution < 1.29 is 4.79 Å². The first-order valence-corrected chi connectivity index (χ1v) is 7.34. The predicted molar refractivity (Wildman–Crippen MR) is 76.8 cm³/mol. The summed E-state index contributed by atoms with van der Waals surface area (Å²) >= 11 is 3.54. The van der Waals surface area contributed by atoms with Gasteiger partial charge in [-0.25, -0.2) is 0 Å². The molecule has 1 aromatic rings. The first-order valence-electron chi connectivity index (χ1n) is 6.55. The van der Waals surface area contributed by atoms with Gasteiger partial charge in [-0.05, 0) is 40.9 Å². The lowest BCUT2D eigenvalue weighted by atomic mass is 9.73. The second-order valence-corrected chi connectivity index (χ2v) is 6.17. The van der Waals surface area contributed by atoms with Crippen LogP contribution in [-0.4, -0.2) is 12.5 Å². The van der Waals surface area contributed by atoms with Crippen LogP contribution in [0.5, 0.6) is 0 Å². The van der Waals surface area contributed by atoms with Gasteiger partial charge in [0.05, 0.1) is 16.8 Å². The highest BCUT2D eigenvalue weighted by atomic mass is 79.9. The highest BCUT2D eigenvalue weighted by Gasteiger charge is 2.41. The quantitative estimate of drug-likeness (QED) is 0.766. The van der Waals surface area contributed by atoms with Crippen LogP contribution in [-0.2, 0) is 4.79 Å². The Morgan fingerprint density at radius 3 is 2.72 bits per heavy atom. The van der Waals surface area contributed by atoms with Gasteiger partial charge < -0.3 is 10.6 Å². The van der Waals surface area contributed by atoms with E-state index in [1.54, 1.807) is 0 Å². The lowest BCUT2D eigenvalue weighted by Gasteiger charge is -2.34. The molecule has 96 valence electrons. The highest BCUT2D eigenvalue weighted by molar-refractivity contribution is 9.10. The Hall–Kier alpha value is -1.03. The predicted octanol–water partition coefficient (Wildman–Crippen LogP) is 3.76. The topological polar surface area (TPSA) is 41.1 Å². The van der Waals surface area contributed by atoms with Crippen LogP contribution in [0.3, 0.4) is 0 Å². The summed E-state index contributed by atoms with van der Waals surface area (Å²) in [4.78, 5) is 12.5. The Labute approximate surface area is 115 Å². The number of carbonyl (C=O) groups is 1. The fourth-order valence-corrected chi connectivity index (χ4v) is 3.54. The maximum atomic E-state index is 12.5. The van der Waals surface area contributed by atoms with Gasteiger partial charge in [0.1, 0.15) is 0 Å². The van der Waals surface area contributed by atoms with Gasteiger partial charge in [-0.3, -0.25) is 4.79 Å². The fraction of sp³-hybridized carbons (Fsp3) is 0.500. The molecule has 1 aliphatic heterocycles. The van der Waals surface area contributed by atoms with Crippen molar-refractivity contribution in [1.29, 1.82) is 0 Å². The molecule has 1 spiro atoms. The fourth-order valence-electron chi connectivity index (χ4n) is 3.03. The monoisotopic (exact) mass is 308 g/mol. The van der Waals surface area contributed by atoms with E-state index in [4.69, 9.17) is 0 Å². The molecule has 3 nitrogen and oxygen atoms in total. The summed E-state index contributed by atoms with van der Waals surface area (Å²) in [6.45, 7) is 0.744. The van der Waals surface area contributed by atoms with Gasteiger partial charge in [-0.15, -0.1) is 0 Å². The molecule has 1 aliphatic carbocycles. The molecule has 1 fully saturated rings. The number of nitrogens with one attached hydrogen (secondary N) is 2. The molecule has 2 N–H and O–H groups in total. The molecule has 0 unspecified atom stereocenters. The molecule has 4 heteroatoms. The lowest BCUT2D eigenvalue weighted by Crippen LogP contribution is -2.41. The maximum absolute atomic E-state index is 12.5. The van der Waals surface area contributed by atoms with E-state index >= 15 is 0 Å². The van der Waals surface area contributed by atoms with Crippen molar-refractivity contribution in [3.63, 3.8) is 0 Å². The third-order valence-electron chi connectivity index (χ3n) is 4.16. The van der Waals surface area contributed by atoms with Crippen molar-refractivity contribution in [3.05, 3.63) is 22.7 Å². The standard InChI is InChI=1S/C14H17BrN2O/c15-10-5-4-6-11-12(10)16-9-14(13(18)17-11)7-2-1-3-8-14/h4-6,16H,1-3,7-9H2,(H,17,18). The normalized spacial score (nSPS) is 21.7. The summed E-state index contributed by atoms with van der Waals surface area (Å²) in [5, 5.41) is 6.55. The number of halogens is 1. The van der Waals surface area contributed by atoms with Gasteiger partial charge in [0.15, 0.2) is 0 Å². The molecule has 0 radical (unpaired) electrons. The van der Waals surface area contributed by atoms with Crippen LogP contribution in [0.2, 0.25) is 0 Å². The summed E-state index contributed by atoms with van der Waals surface area (Å²) in [6.07, 6.45) is 5.57. The zero-order valence-electron chi connectivity index (χ0n) is 10.3. The van der Waals surface area contributed by atoms with Gasteiger partial charge in [0, 0.05) is 11.0 Å². The molecule has 1 amide bonds. The molecule has 1 aromatic carbocycles. The number of anilines is 2. The highest BCUT2D eigenvalue weighted by Crippen LogP contribution is 2.42. The molecule has 18 heavy (non-hydrogen) atoms. The summed E-state index contributed by atoms with van der Waals surface area (Å²) in [7, 11) is 0. The van der Waals surface area contributed by atoms with Gasteiger partial charge >= 0.3 is 0 Å². The Kier molecular flexibility index (Phi) is 3.06. The Balaban J connectivity index is 1.95. The van der Waals surface area contributed by atoms with Crippen LogP contribution < -0.4 is 10.6 Å². The van der Waals surface area contributed by atoms with Crippen molar-refractivity contribution >= 4 is 33.2 Å². The van der Waals surface area contributed by atoms with E-state index in [0.717, 1.165) is 48.1 Å². The first-order chi connectivity index (χ1) is 8.71. The van der Waals surface area contributed by atoms with Crippen LogP contribution in [0.15, 0.2) is 22.7 Å². The third-order valence-corrected chi connectivity index (χ3v) is 4.82. The number of fused-ring (bicyclic) bond motifs is 1. The van der Waals surface area contributed by atoms with Crippen LogP contribution in [0.25, 0.3) is 0 Å². The zero-order valence-corrected chi connectivity index (χ0v) is 11.8. The smallest absolute Gasteiger partial charge is 0.232 e. The van der Waals surface area contributed by atoms with E-state index in [0.29, 0.717) is 0 Å². The molecular formula is C14H17BrN2O. The summed E-state index contributed by atoms with van der Waals surface area (Å²) < 4.78 is 1.01. The molecule has 1 heterocycles. The summed E-state index contributed by atoms with van der Waals surface area (Å²) in [6, 6.07) is 5.90. The van der Waals surface area contributed by atoms with Crippen LogP contribution >= 0.6 is 15.9 Å². The largest absolute Gasteiger partial charge is 0.381 e. The lowest BCUT2D eigenvalue weighted by molar-refractivity contribution is -0.126. The van der Waals surface area contributed by atoms with Gasteiger partial charge in [-0.1, -0.05) is 25.3 Å². The first kappa shape index (κ1) is 12.0. The van der Waals surface area contributed by atoms with Gasteiger partial charge in [-0.2, -0.15) is 0 Å². The van der Waals surface area contributed by atoms with Crippen molar-refractivity contribution in [1.82, 2.24) is 0 Å². The van der Waals surface area contributed by atoms with E-state index in [2.05, 4.69) is 26.6 Å². The van der Waals surface area contributed by atoms with Crippen molar-refractivity contribution in [2.75, 3.05) is 17.2 Å². The molecule has 3 rings (SSSR count). The minimum absolute atomic E-state index is 0.187. The number of carbonyl (C=O) groups excluding carboxylic acids is 1. The van der Waals surface area contributed by atoms with Gasteiger partial charge in [0.2, 0.25) is 5.91 Å². The van der Waals surface area contributed by atoms with Gasteiger partial charge in [0.25, 0.3) is 0 Å². The second kappa shape index (κ2) is 4.57. The molecule has 1 saturated carbocycles. The molecule has 0 bridgehead atoms. The minimum Gasteiger partial charge on any atom is -0.381 e. The number of benzene rings is 1. The van der Waals surface area contributed by atoms with Crippen molar-refractivity contribution in [3.8, 4) is 0 Å². The molecule has 2 aliphatic rings.